The lowest BCUT2D eigenvalue weighted by atomic mass is 10.0. The molecule has 55 heavy (non-hydrogen) atoms. The number of nitrogens with one attached hydrogen (secondary N) is 4. The quantitative estimate of drug-likeness (QED) is 0.0306. The van der Waals surface area contributed by atoms with E-state index in [1.165, 1.54) is 0 Å². The zero-order valence-corrected chi connectivity index (χ0v) is 29.9. The normalized spacial score (nSPS) is 12.7. The highest BCUT2D eigenvalue weighted by molar-refractivity contribution is 6.38. The van der Waals surface area contributed by atoms with Gasteiger partial charge in [-0.15, -0.1) is 0 Å². The molecule has 0 unspecified atom stereocenters. The first kappa shape index (κ1) is 42.6. The molecular weight excluding hydrogens is 714 g/mol. The second-order valence-electron chi connectivity index (χ2n) is 12.4. The first-order chi connectivity index (χ1) is 26.3. The van der Waals surface area contributed by atoms with Crippen molar-refractivity contribution in [2.75, 3.05) is 6.54 Å². The highest BCUT2D eigenvalue weighted by atomic mass is 16.5. The Morgan fingerprint density at radius 3 is 1.62 bits per heavy atom. The monoisotopic (exact) mass is 759 g/mol. The first-order valence-corrected chi connectivity index (χ1v) is 17.3. The molecule has 3 rings (SSSR count). The van der Waals surface area contributed by atoms with Gasteiger partial charge in [0.05, 0.1) is 0 Å². The molecule has 10 N–H and O–H groups in total. The number of nitrogens with zero attached hydrogens (tertiary/aromatic N) is 1. The third kappa shape index (κ3) is 15.8. The van der Waals surface area contributed by atoms with Crippen LogP contribution in [-0.4, -0.2) is 88.4 Å². The van der Waals surface area contributed by atoms with Crippen LogP contribution >= 0.6 is 0 Å². The van der Waals surface area contributed by atoms with Gasteiger partial charge in [0.2, 0.25) is 17.6 Å². The number of nitrogens with two attached hydrogens (primary N) is 2. The molecule has 0 aliphatic heterocycles. The Hall–Kier alpha value is -6.78. The number of carboxylic acid groups (broad SMARTS) is 2. The number of hydrogen-bond donors (Lipinski definition) is 8. The summed E-state index contributed by atoms with van der Waals surface area (Å²) in [6.45, 7) is -0.0939. The van der Waals surface area contributed by atoms with Crippen molar-refractivity contribution in [3.05, 3.63) is 108 Å². The first-order valence-electron chi connectivity index (χ1n) is 17.3. The molecule has 4 atom stereocenters. The maximum atomic E-state index is 13.7. The summed E-state index contributed by atoms with van der Waals surface area (Å²) in [6.07, 6.45) is -2.26. The van der Waals surface area contributed by atoms with Gasteiger partial charge in [0, 0.05) is 25.8 Å². The Morgan fingerprint density at radius 2 is 1.11 bits per heavy atom. The zero-order valence-electron chi connectivity index (χ0n) is 29.9. The summed E-state index contributed by atoms with van der Waals surface area (Å²) in [5, 5.41) is 28.7. The molecule has 0 aromatic heterocycles. The lowest BCUT2D eigenvalue weighted by Crippen LogP contribution is -2.57. The van der Waals surface area contributed by atoms with Crippen LogP contribution in [0, 0.1) is 0 Å². The lowest BCUT2D eigenvalue weighted by Gasteiger charge is -2.25. The number of guanidine groups is 1. The number of carboxylic acids is 2. The number of rotatable bonds is 22. The predicted molar refractivity (Wildman–Crippen MR) is 199 cm³/mol. The van der Waals surface area contributed by atoms with Gasteiger partial charge in [-0.1, -0.05) is 91.0 Å². The van der Waals surface area contributed by atoms with Crippen molar-refractivity contribution < 1.29 is 48.5 Å². The van der Waals surface area contributed by atoms with E-state index >= 15 is 0 Å². The van der Waals surface area contributed by atoms with Gasteiger partial charge in [-0.05, 0) is 36.0 Å². The van der Waals surface area contributed by atoms with Crippen molar-refractivity contribution >= 4 is 47.5 Å². The Kier molecular flexibility index (Phi) is 17.3. The molecule has 3 aromatic rings. The van der Waals surface area contributed by atoms with Crippen molar-refractivity contribution in [1.82, 2.24) is 21.3 Å². The molecule has 0 aliphatic rings. The number of carbonyl (C=O) groups excluding carboxylic acids is 5. The number of aliphatic imine (C=N–C) groups is 1. The highest BCUT2D eigenvalue weighted by Crippen LogP contribution is 2.10. The Labute approximate surface area is 316 Å². The Balaban J connectivity index is 1.81. The number of ketones is 1. The van der Waals surface area contributed by atoms with Crippen LogP contribution in [0.15, 0.2) is 96.0 Å². The molecule has 0 aliphatic carbocycles. The molecule has 3 aromatic carbocycles. The van der Waals surface area contributed by atoms with Crippen LogP contribution in [-0.2, 0) is 53.0 Å². The minimum absolute atomic E-state index is 0.0179. The largest absolute Gasteiger partial charge is 0.481 e. The number of aliphatic carboxylic acids is 2. The summed E-state index contributed by atoms with van der Waals surface area (Å²) in [4.78, 5) is 94.3. The van der Waals surface area contributed by atoms with Gasteiger partial charge < -0.3 is 47.7 Å². The van der Waals surface area contributed by atoms with E-state index in [1.54, 1.807) is 91.0 Å². The van der Waals surface area contributed by atoms with Gasteiger partial charge in [0.1, 0.15) is 30.8 Å². The third-order valence-electron chi connectivity index (χ3n) is 8.07. The third-order valence-corrected chi connectivity index (χ3v) is 8.07. The molecule has 292 valence electrons. The van der Waals surface area contributed by atoms with Crippen molar-refractivity contribution in [2.45, 2.75) is 69.3 Å². The fourth-order valence-corrected chi connectivity index (χ4v) is 5.26. The topological polar surface area (TPSA) is 282 Å². The minimum atomic E-state index is -1.55. The number of alkyl carbamates (subject to hydrolysis) is 1. The van der Waals surface area contributed by atoms with Crippen molar-refractivity contribution in [1.29, 1.82) is 0 Å². The molecule has 0 fully saturated rings. The molecule has 17 nitrogen and oxygen atoms in total. The molecule has 4 amide bonds. The van der Waals surface area contributed by atoms with E-state index in [4.69, 9.17) is 16.2 Å². The number of amides is 4. The lowest BCUT2D eigenvalue weighted by molar-refractivity contribution is -0.143. The number of ether oxygens (including phenoxy) is 1. The standard InChI is InChI=1S/C38H45N7O10/c39-37(40)41-20-10-17-27(33(49)42-28(18-19-31(46)47)34(50)44-30(36(52)53)22-25-13-6-2-7-14-25)43-35(51)32(48)29(21-24-11-4-1-5-12-24)45-38(54)55-23-26-15-8-3-9-16-26/h1-9,11-16,27-30H,10,17-23H2,(H,42,49)(H,43,51)(H,44,50)(H,45,54)(H,46,47)(H,52,53)(H4,39,40,41)/t27-,28-,29+,30-/m0/s1. The maximum absolute atomic E-state index is 13.7. The van der Waals surface area contributed by atoms with E-state index in [-0.39, 0.29) is 44.8 Å². The number of hydrogen-bond acceptors (Lipinski definition) is 9. The van der Waals surface area contributed by atoms with E-state index < -0.39 is 78.5 Å². The minimum Gasteiger partial charge on any atom is -0.481 e. The second kappa shape index (κ2) is 22.3. The maximum Gasteiger partial charge on any atom is 0.408 e. The van der Waals surface area contributed by atoms with Crippen LogP contribution in [0.5, 0.6) is 0 Å². The van der Waals surface area contributed by atoms with E-state index in [1.807, 2.05) is 0 Å². The van der Waals surface area contributed by atoms with Gasteiger partial charge in [-0.2, -0.15) is 0 Å². The van der Waals surface area contributed by atoms with Gasteiger partial charge in [-0.25, -0.2) is 9.59 Å². The number of benzene rings is 3. The summed E-state index contributed by atoms with van der Waals surface area (Å²) in [5.74, 6) is -7.24. The molecule has 0 radical (unpaired) electrons. The molecule has 0 saturated heterocycles. The van der Waals surface area contributed by atoms with Crippen LogP contribution in [0.3, 0.4) is 0 Å². The summed E-state index contributed by atoms with van der Waals surface area (Å²) in [7, 11) is 0. The van der Waals surface area contributed by atoms with E-state index in [9.17, 15) is 43.8 Å². The molecule has 0 saturated carbocycles. The summed E-state index contributed by atoms with van der Waals surface area (Å²) in [6, 6.07) is 19.8. The second-order valence-corrected chi connectivity index (χ2v) is 12.4. The van der Waals surface area contributed by atoms with Crippen LogP contribution in [0.1, 0.15) is 42.4 Å². The van der Waals surface area contributed by atoms with Gasteiger partial charge >= 0.3 is 18.0 Å². The predicted octanol–water partition coefficient (Wildman–Crippen LogP) is 0.793. The van der Waals surface area contributed by atoms with Gasteiger partial charge in [0.25, 0.3) is 5.91 Å². The van der Waals surface area contributed by atoms with Crippen LogP contribution in [0.2, 0.25) is 0 Å². The number of Topliss-reactive ketones (excluding diaryl/α,β-unsaturated/α-hetero) is 1. The molecule has 0 heterocycles. The zero-order chi connectivity index (χ0) is 40.2. The average Bonchev–Trinajstić information content (AvgIpc) is 3.16. The Morgan fingerprint density at radius 1 is 0.618 bits per heavy atom. The fraction of sp³-hybridized carbons (Fsp3) is 0.316. The van der Waals surface area contributed by atoms with E-state index in [2.05, 4.69) is 26.3 Å². The van der Waals surface area contributed by atoms with Crippen molar-refractivity contribution in [3.63, 3.8) is 0 Å². The molecule has 0 spiro atoms. The fourth-order valence-electron chi connectivity index (χ4n) is 5.26. The molecule has 0 bridgehead atoms. The molecular formula is C38H45N7O10. The van der Waals surface area contributed by atoms with Gasteiger partial charge in [-0.3, -0.25) is 29.0 Å². The Bertz CT molecular complexity index is 1790. The summed E-state index contributed by atoms with van der Waals surface area (Å²) < 4.78 is 5.26. The summed E-state index contributed by atoms with van der Waals surface area (Å²) in [5.41, 5.74) is 12.7. The van der Waals surface area contributed by atoms with Crippen LogP contribution < -0.4 is 32.7 Å². The highest BCUT2D eigenvalue weighted by Gasteiger charge is 2.33. The van der Waals surface area contributed by atoms with Gasteiger partial charge in [0.15, 0.2) is 5.96 Å². The van der Waals surface area contributed by atoms with Crippen LogP contribution in [0.4, 0.5) is 4.79 Å². The SMILES string of the molecule is NC(N)=NCCC[C@H](NC(=O)C(=O)[C@@H](Cc1ccccc1)NC(=O)OCc1ccccc1)C(=O)N[C@@H](CCC(=O)O)C(=O)N[C@@H](Cc1ccccc1)C(=O)O. The van der Waals surface area contributed by atoms with Crippen molar-refractivity contribution in [3.8, 4) is 0 Å². The number of carbonyl (C=O) groups is 7. The van der Waals surface area contributed by atoms with E-state index in [0.29, 0.717) is 16.7 Å². The summed E-state index contributed by atoms with van der Waals surface area (Å²) >= 11 is 0. The average molecular weight is 760 g/mol. The smallest absolute Gasteiger partial charge is 0.408 e. The van der Waals surface area contributed by atoms with Crippen LogP contribution in [0.25, 0.3) is 0 Å². The van der Waals surface area contributed by atoms with E-state index in [0.717, 1.165) is 0 Å². The van der Waals surface area contributed by atoms with Crippen molar-refractivity contribution in [2.24, 2.45) is 16.5 Å². The molecule has 17 heteroatoms.